The van der Waals surface area contributed by atoms with Crippen LogP contribution in [0, 0.1) is 0 Å². The number of Topliss-reactive ketones (excluding diaryl/α,β-unsaturated/α-hetero) is 1. The largest absolute Gasteiger partial charge is 0.497 e. The predicted molar refractivity (Wildman–Crippen MR) is 118 cm³/mol. The molecule has 4 rings (SSSR count). The molecular weight excluding hydrogens is 436 g/mol. The van der Waals surface area contributed by atoms with Gasteiger partial charge in [-0.2, -0.15) is 0 Å². The van der Waals surface area contributed by atoms with Gasteiger partial charge in [0.15, 0.2) is 21.6 Å². The van der Waals surface area contributed by atoms with Gasteiger partial charge in [0.25, 0.3) is 5.91 Å². The first-order chi connectivity index (χ1) is 15.1. The molecule has 4 aromatic rings. The van der Waals surface area contributed by atoms with Crippen molar-refractivity contribution in [3.63, 3.8) is 0 Å². The van der Waals surface area contributed by atoms with Gasteiger partial charge in [-0.25, -0.2) is 0 Å². The Labute approximate surface area is 185 Å². The third kappa shape index (κ3) is 5.16. The summed E-state index contributed by atoms with van der Waals surface area (Å²) in [4.78, 5) is 24.6. The number of amides is 1. The number of ether oxygens (including phenoxy) is 1. The average Bonchev–Trinajstić information content (AvgIpc) is 3.48. The van der Waals surface area contributed by atoms with Gasteiger partial charge in [0, 0.05) is 17.2 Å². The number of ketones is 1. The summed E-state index contributed by atoms with van der Waals surface area (Å²) in [5, 5.41) is 14.7. The number of hydrogen-bond acceptors (Lipinski definition) is 9. The van der Waals surface area contributed by atoms with Crippen molar-refractivity contribution in [3.05, 3.63) is 71.9 Å². The van der Waals surface area contributed by atoms with E-state index in [0.29, 0.717) is 20.8 Å². The minimum atomic E-state index is -0.462. The lowest BCUT2D eigenvalue weighted by molar-refractivity contribution is 0.101. The van der Waals surface area contributed by atoms with Crippen molar-refractivity contribution in [1.82, 2.24) is 15.4 Å². The first-order valence-corrected chi connectivity index (χ1v) is 10.9. The quantitative estimate of drug-likeness (QED) is 0.238. The zero-order valence-electron chi connectivity index (χ0n) is 16.3. The van der Waals surface area contributed by atoms with Crippen LogP contribution in [-0.4, -0.2) is 39.9 Å². The van der Waals surface area contributed by atoms with E-state index in [1.165, 1.54) is 23.1 Å². The summed E-state index contributed by atoms with van der Waals surface area (Å²) in [5.41, 5.74) is 1.53. The Balaban J connectivity index is 1.34. The number of hydrogen-bond donors (Lipinski definition) is 1. The molecule has 0 bridgehead atoms. The molecule has 0 atom stereocenters. The van der Waals surface area contributed by atoms with E-state index in [4.69, 9.17) is 9.26 Å². The maximum Gasteiger partial charge on any atom is 0.279 e. The molecule has 0 aliphatic heterocycles. The smallest absolute Gasteiger partial charge is 0.279 e. The molecule has 10 heteroatoms. The van der Waals surface area contributed by atoms with Gasteiger partial charge in [-0.1, -0.05) is 58.6 Å². The highest BCUT2D eigenvalue weighted by atomic mass is 32.2. The fourth-order valence-corrected chi connectivity index (χ4v) is 4.23. The number of thioether (sulfide) groups is 1. The molecule has 0 radical (unpaired) electrons. The van der Waals surface area contributed by atoms with Crippen molar-refractivity contribution in [2.24, 2.45) is 0 Å². The van der Waals surface area contributed by atoms with Crippen LogP contribution in [0.5, 0.6) is 5.75 Å². The highest BCUT2D eigenvalue weighted by Crippen LogP contribution is 2.27. The molecule has 156 valence electrons. The summed E-state index contributed by atoms with van der Waals surface area (Å²) in [6.45, 7) is 0. The summed E-state index contributed by atoms with van der Waals surface area (Å²) >= 11 is 2.46. The molecule has 2 aromatic heterocycles. The molecule has 0 fully saturated rings. The molecule has 31 heavy (non-hydrogen) atoms. The molecule has 0 spiro atoms. The van der Waals surface area contributed by atoms with Gasteiger partial charge in [-0.15, -0.1) is 10.2 Å². The molecule has 2 heterocycles. The lowest BCUT2D eigenvalue weighted by atomic mass is 10.1. The Hall–Kier alpha value is -3.50. The van der Waals surface area contributed by atoms with E-state index >= 15 is 0 Å². The van der Waals surface area contributed by atoms with Crippen molar-refractivity contribution in [1.29, 1.82) is 0 Å². The molecule has 8 nitrogen and oxygen atoms in total. The fraction of sp³-hybridized carbons (Fsp3) is 0.0952. The van der Waals surface area contributed by atoms with Gasteiger partial charge in [-0.05, 0) is 24.3 Å². The summed E-state index contributed by atoms with van der Waals surface area (Å²) in [7, 11) is 1.59. The molecule has 0 unspecified atom stereocenters. The normalized spacial score (nSPS) is 10.6. The Bertz CT molecular complexity index is 1190. The fourth-order valence-electron chi connectivity index (χ4n) is 2.59. The standard InChI is InChI=1S/C21H16N4O4S2/c1-28-15-9-7-14(8-10-15)18-11-16(25-29-18)19(27)22-20-23-24-21(31-20)30-12-17(26)13-5-3-2-4-6-13/h2-11H,12H2,1H3,(H,22,23,27). The van der Waals surface area contributed by atoms with Gasteiger partial charge in [-0.3, -0.25) is 14.9 Å². The van der Waals surface area contributed by atoms with E-state index in [2.05, 4.69) is 20.7 Å². The summed E-state index contributed by atoms with van der Waals surface area (Å²) in [6, 6.07) is 17.8. The lowest BCUT2D eigenvalue weighted by Gasteiger charge is -1.99. The molecule has 0 saturated heterocycles. The Morgan fingerprint density at radius 2 is 1.87 bits per heavy atom. The number of methoxy groups -OCH3 is 1. The predicted octanol–water partition coefficient (Wildman–Crippen LogP) is 4.43. The maximum atomic E-state index is 12.4. The number of anilines is 1. The zero-order valence-corrected chi connectivity index (χ0v) is 17.9. The molecule has 0 saturated carbocycles. The summed E-state index contributed by atoms with van der Waals surface area (Å²) in [6.07, 6.45) is 0. The number of nitrogens with zero attached hydrogens (tertiary/aromatic N) is 3. The number of nitrogens with one attached hydrogen (secondary N) is 1. The van der Waals surface area contributed by atoms with E-state index < -0.39 is 5.91 Å². The Kier molecular flexibility index (Phi) is 6.39. The van der Waals surface area contributed by atoms with Gasteiger partial charge in [0.2, 0.25) is 5.13 Å². The van der Waals surface area contributed by atoms with Crippen LogP contribution in [-0.2, 0) is 0 Å². The van der Waals surface area contributed by atoms with E-state index in [0.717, 1.165) is 11.3 Å². The van der Waals surface area contributed by atoms with Crippen LogP contribution >= 0.6 is 23.1 Å². The van der Waals surface area contributed by atoms with E-state index in [1.54, 1.807) is 37.4 Å². The SMILES string of the molecule is COc1ccc(-c2cc(C(=O)Nc3nnc(SCC(=O)c4ccccc4)s3)no2)cc1. The lowest BCUT2D eigenvalue weighted by Crippen LogP contribution is -2.11. The van der Waals surface area contributed by atoms with Crippen LogP contribution in [0.15, 0.2) is 69.5 Å². The zero-order chi connectivity index (χ0) is 21.6. The maximum absolute atomic E-state index is 12.4. The number of carbonyl (C=O) groups is 2. The third-order valence-corrected chi connectivity index (χ3v) is 6.14. The molecular formula is C21H16N4O4S2. The molecule has 0 aliphatic carbocycles. The highest BCUT2D eigenvalue weighted by molar-refractivity contribution is 8.01. The number of carbonyl (C=O) groups excluding carboxylic acids is 2. The minimum absolute atomic E-state index is 0.0000408. The Morgan fingerprint density at radius 1 is 1.10 bits per heavy atom. The van der Waals surface area contributed by atoms with Crippen molar-refractivity contribution in [3.8, 4) is 17.1 Å². The molecule has 2 aromatic carbocycles. The summed E-state index contributed by atoms with van der Waals surface area (Å²) in [5.74, 6) is 0.954. The average molecular weight is 453 g/mol. The minimum Gasteiger partial charge on any atom is -0.497 e. The van der Waals surface area contributed by atoms with Crippen molar-refractivity contribution >= 4 is 39.9 Å². The molecule has 1 amide bonds. The van der Waals surface area contributed by atoms with Gasteiger partial charge >= 0.3 is 0 Å². The second-order valence-electron chi connectivity index (χ2n) is 6.21. The van der Waals surface area contributed by atoms with Crippen LogP contribution in [0.25, 0.3) is 11.3 Å². The van der Waals surface area contributed by atoms with Crippen LogP contribution < -0.4 is 10.1 Å². The first kappa shape index (κ1) is 20.8. The Morgan fingerprint density at radius 3 is 2.61 bits per heavy atom. The van der Waals surface area contributed by atoms with E-state index in [9.17, 15) is 9.59 Å². The molecule has 1 N–H and O–H groups in total. The van der Waals surface area contributed by atoms with Crippen molar-refractivity contribution in [2.45, 2.75) is 4.34 Å². The van der Waals surface area contributed by atoms with Gasteiger partial charge in [0.05, 0.1) is 12.9 Å². The van der Waals surface area contributed by atoms with Crippen LogP contribution in [0.2, 0.25) is 0 Å². The molecule has 0 aliphatic rings. The summed E-state index contributed by atoms with van der Waals surface area (Å²) < 4.78 is 11.0. The number of benzene rings is 2. The van der Waals surface area contributed by atoms with E-state index in [1.807, 2.05) is 30.3 Å². The highest BCUT2D eigenvalue weighted by Gasteiger charge is 2.17. The second kappa shape index (κ2) is 9.54. The van der Waals surface area contributed by atoms with Gasteiger partial charge in [0.1, 0.15) is 5.75 Å². The second-order valence-corrected chi connectivity index (χ2v) is 8.41. The number of rotatable bonds is 8. The van der Waals surface area contributed by atoms with Gasteiger partial charge < -0.3 is 9.26 Å². The topological polar surface area (TPSA) is 107 Å². The van der Waals surface area contributed by atoms with Crippen LogP contribution in [0.4, 0.5) is 5.13 Å². The first-order valence-electron chi connectivity index (χ1n) is 9.09. The monoisotopic (exact) mass is 452 g/mol. The van der Waals surface area contributed by atoms with Crippen LogP contribution in [0.1, 0.15) is 20.8 Å². The third-order valence-electron chi connectivity index (χ3n) is 4.17. The van der Waals surface area contributed by atoms with Crippen molar-refractivity contribution in [2.75, 3.05) is 18.2 Å². The van der Waals surface area contributed by atoms with Crippen LogP contribution in [0.3, 0.4) is 0 Å². The number of aromatic nitrogens is 3. The van der Waals surface area contributed by atoms with Crippen molar-refractivity contribution < 1.29 is 18.8 Å². The van der Waals surface area contributed by atoms with E-state index in [-0.39, 0.29) is 17.2 Å².